The van der Waals surface area contributed by atoms with Gasteiger partial charge in [0.1, 0.15) is 13.2 Å². The zero-order valence-corrected chi connectivity index (χ0v) is 46.5. The molecule has 0 aromatic carbocycles. The van der Waals surface area contributed by atoms with Gasteiger partial charge in [0.05, 0.1) is 39.9 Å². The molecule has 0 heterocycles. The van der Waals surface area contributed by atoms with E-state index in [1.54, 1.807) is 6.08 Å². The van der Waals surface area contributed by atoms with Crippen molar-refractivity contribution < 1.29 is 32.9 Å². The maximum Gasteiger partial charge on any atom is 0.268 e. The van der Waals surface area contributed by atoms with Gasteiger partial charge < -0.3 is 28.8 Å². The number of phosphoric ester groups is 1. The lowest BCUT2D eigenvalue weighted by Crippen LogP contribution is -2.45. The number of carbonyl (C=O) groups is 1. The Morgan fingerprint density at radius 2 is 0.824 bits per heavy atom. The highest BCUT2D eigenvalue weighted by molar-refractivity contribution is 7.45. The minimum Gasteiger partial charge on any atom is -0.756 e. The number of allylic oxidation sites excluding steroid dienone is 7. The molecule has 0 radical (unpaired) electrons. The number of rotatable bonds is 53. The van der Waals surface area contributed by atoms with E-state index in [4.69, 9.17) is 9.05 Å². The van der Waals surface area contributed by atoms with Crippen LogP contribution in [0.3, 0.4) is 0 Å². The molecule has 68 heavy (non-hydrogen) atoms. The lowest BCUT2D eigenvalue weighted by Gasteiger charge is -2.29. The van der Waals surface area contributed by atoms with Crippen LogP contribution in [-0.2, 0) is 18.4 Å². The summed E-state index contributed by atoms with van der Waals surface area (Å²) in [5.41, 5.74) is 0. The molecule has 0 aliphatic carbocycles. The Morgan fingerprint density at radius 1 is 0.500 bits per heavy atom. The van der Waals surface area contributed by atoms with Crippen LogP contribution in [0.1, 0.15) is 271 Å². The van der Waals surface area contributed by atoms with Gasteiger partial charge in [-0.3, -0.25) is 9.36 Å². The minimum atomic E-state index is -4.61. The number of quaternary nitrogens is 1. The molecule has 0 fully saturated rings. The number of unbranched alkanes of at least 4 members (excludes halogenated alkanes) is 34. The largest absolute Gasteiger partial charge is 0.756 e. The summed E-state index contributed by atoms with van der Waals surface area (Å²) in [6.45, 7) is 4.63. The monoisotopic (exact) mass is 977 g/mol. The van der Waals surface area contributed by atoms with Gasteiger partial charge in [0.15, 0.2) is 0 Å². The molecule has 0 spiro atoms. The minimum absolute atomic E-state index is 0.0103. The van der Waals surface area contributed by atoms with E-state index >= 15 is 0 Å². The first-order valence-electron chi connectivity index (χ1n) is 29.0. The highest BCUT2D eigenvalue weighted by Gasteiger charge is 2.23. The summed E-state index contributed by atoms with van der Waals surface area (Å²) < 4.78 is 23.3. The van der Waals surface area contributed by atoms with Crippen molar-refractivity contribution in [2.24, 2.45) is 0 Å². The van der Waals surface area contributed by atoms with E-state index in [1.165, 1.54) is 205 Å². The summed E-state index contributed by atoms with van der Waals surface area (Å²) >= 11 is 0. The maximum atomic E-state index is 12.9. The fourth-order valence-corrected chi connectivity index (χ4v) is 9.14. The van der Waals surface area contributed by atoms with Crippen LogP contribution in [0.15, 0.2) is 48.6 Å². The first-order chi connectivity index (χ1) is 33.0. The van der Waals surface area contributed by atoms with E-state index in [0.717, 1.165) is 44.9 Å². The predicted molar refractivity (Wildman–Crippen MR) is 293 cm³/mol. The average molecular weight is 978 g/mol. The number of carbonyl (C=O) groups excluding carboxylic acids is 1. The van der Waals surface area contributed by atoms with E-state index in [1.807, 2.05) is 27.2 Å². The van der Waals surface area contributed by atoms with Gasteiger partial charge in [0, 0.05) is 6.42 Å². The van der Waals surface area contributed by atoms with Crippen LogP contribution in [0.4, 0.5) is 0 Å². The predicted octanol–water partition coefficient (Wildman–Crippen LogP) is 16.9. The molecule has 0 aliphatic heterocycles. The number of aliphatic hydroxyl groups is 1. The normalized spacial score (nSPS) is 14.3. The third-order valence-corrected chi connectivity index (χ3v) is 14.0. The molecule has 3 unspecified atom stereocenters. The van der Waals surface area contributed by atoms with Crippen molar-refractivity contribution in [3.05, 3.63) is 48.6 Å². The van der Waals surface area contributed by atoms with E-state index < -0.39 is 26.6 Å². The van der Waals surface area contributed by atoms with Crippen molar-refractivity contribution in [1.29, 1.82) is 0 Å². The van der Waals surface area contributed by atoms with Gasteiger partial charge in [0.2, 0.25) is 5.91 Å². The lowest BCUT2D eigenvalue weighted by molar-refractivity contribution is -0.870. The first-order valence-corrected chi connectivity index (χ1v) is 30.5. The summed E-state index contributed by atoms with van der Waals surface area (Å²) in [6, 6.07) is -0.913. The SMILES string of the molecule is CCCCCCCC/C=C\CCCCCCCCCC(=O)NC(COP(=O)([O-])OCC[N+](C)(C)C)C(O)/C=C/CC/C=C/CC/C=C/CCCCCCCCCCCCCCCCCCCCC. The van der Waals surface area contributed by atoms with Crippen molar-refractivity contribution >= 4 is 13.7 Å². The molecule has 8 nitrogen and oxygen atoms in total. The second kappa shape index (κ2) is 50.4. The Morgan fingerprint density at radius 3 is 1.19 bits per heavy atom. The van der Waals surface area contributed by atoms with Crippen LogP contribution in [-0.4, -0.2) is 68.5 Å². The van der Waals surface area contributed by atoms with E-state index in [0.29, 0.717) is 17.4 Å². The van der Waals surface area contributed by atoms with Gasteiger partial charge in [-0.05, 0) is 70.6 Å². The number of likely N-dealkylation sites (N-methyl/N-ethyl adjacent to an activating group) is 1. The van der Waals surface area contributed by atoms with E-state index in [9.17, 15) is 19.4 Å². The number of nitrogens with zero attached hydrogens (tertiary/aromatic N) is 1. The lowest BCUT2D eigenvalue weighted by atomic mass is 10.0. The molecule has 0 saturated carbocycles. The van der Waals surface area contributed by atoms with Gasteiger partial charge in [-0.2, -0.15) is 0 Å². The molecule has 2 N–H and O–H groups in total. The van der Waals surface area contributed by atoms with Crippen LogP contribution in [0.2, 0.25) is 0 Å². The van der Waals surface area contributed by atoms with Crippen molar-refractivity contribution in [1.82, 2.24) is 5.32 Å². The van der Waals surface area contributed by atoms with Crippen molar-refractivity contribution in [2.75, 3.05) is 40.9 Å². The number of nitrogens with one attached hydrogen (secondary N) is 1. The fourth-order valence-electron chi connectivity index (χ4n) is 8.42. The Bertz CT molecular complexity index is 1250. The second-order valence-electron chi connectivity index (χ2n) is 21.0. The standard InChI is InChI=1S/C59H113N2O6P/c1-6-8-10-12-14-16-18-20-22-24-25-26-27-28-29-30-31-32-33-34-35-37-38-40-42-44-46-48-50-52-58(62)57(56-67-68(64,65)66-55-54-61(3,4)5)60-59(63)53-51-49-47-45-43-41-39-36-23-21-19-17-15-13-11-9-7-2/h21,23,35,37,42,44,50,52,57-58,62H,6-20,22,24-34,36,38-41,43,45-49,51,53-56H2,1-5H3,(H-,60,63,64,65)/b23-21-,37-35+,44-42+,52-50+. The van der Waals surface area contributed by atoms with Gasteiger partial charge in [0.25, 0.3) is 7.82 Å². The quantitative estimate of drug-likeness (QED) is 0.0272. The molecule has 0 aromatic rings. The van der Waals surface area contributed by atoms with Crippen LogP contribution in [0.25, 0.3) is 0 Å². The number of hydrogen-bond acceptors (Lipinski definition) is 6. The Kier molecular flexibility index (Phi) is 49.3. The average Bonchev–Trinajstić information content (AvgIpc) is 3.30. The van der Waals surface area contributed by atoms with E-state index in [2.05, 4.69) is 55.6 Å². The Balaban J connectivity index is 4.25. The summed E-state index contributed by atoms with van der Waals surface area (Å²) in [6.07, 6.45) is 66.3. The molecule has 0 bridgehead atoms. The zero-order valence-electron chi connectivity index (χ0n) is 45.6. The van der Waals surface area contributed by atoms with Crippen LogP contribution in [0, 0.1) is 0 Å². The highest BCUT2D eigenvalue weighted by Crippen LogP contribution is 2.38. The molecular weight excluding hydrogens is 864 g/mol. The van der Waals surface area contributed by atoms with Crippen molar-refractivity contribution in [3.8, 4) is 0 Å². The molecular formula is C59H113N2O6P. The first kappa shape index (κ1) is 66.5. The summed E-state index contributed by atoms with van der Waals surface area (Å²) in [5.74, 6) is -0.215. The highest BCUT2D eigenvalue weighted by atomic mass is 31.2. The number of phosphoric acid groups is 1. The van der Waals surface area contributed by atoms with Crippen LogP contribution >= 0.6 is 7.82 Å². The maximum absolute atomic E-state index is 12.9. The van der Waals surface area contributed by atoms with Gasteiger partial charge in [-0.1, -0.05) is 242 Å². The van der Waals surface area contributed by atoms with Crippen molar-refractivity contribution in [3.63, 3.8) is 0 Å². The zero-order chi connectivity index (χ0) is 49.9. The summed E-state index contributed by atoms with van der Waals surface area (Å²) in [4.78, 5) is 25.4. The molecule has 0 rings (SSSR count). The smallest absolute Gasteiger partial charge is 0.268 e. The third-order valence-electron chi connectivity index (χ3n) is 13.0. The van der Waals surface area contributed by atoms with E-state index in [-0.39, 0.29) is 12.5 Å². The van der Waals surface area contributed by atoms with Crippen LogP contribution in [0.5, 0.6) is 0 Å². The third kappa shape index (κ3) is 52.3. The van der Waals surface area contributed by atoms with Gasteiger partial charge in [-0.15, -0.1) is 0 Å². The Hall–Kier alpha value is -1.54. The topological polar surface area (TPSA) is 108 Å². The molecule has 0 aliphatic rings. The number of hydrogen-bond donors (Lipinski definition) is 2. The molecule has 0 saturated heterocycles. The molecule has 1 amide bonds. The Labute approximate surface area is 422 Å². The second-order valence-corrected chi connectivity index (χ2v) is 22.4. The van der Waals surface area contributed by atoms with Crippen molar-refractivity contribution in [2.45, 2.75) is 283 Å². The van der Waals surface area contributed by atoms with Crippen LogP contribution < -0.4 is 10.2 Å². The number of amides is 1. The van der Waals surface area contributed by atoms with Gasteiger partial charge >= 0.3 is 0 Å². The molecule has 400 valence electrons. The summed E-state index contributed by atoms with van der Waals surface area (Å²) in [7, 11) is 1.23. The fraction of sp³-hybridized carbons (Fsp3) is 0.847. The summed E-state index contributed by atoms with van der Waals surface area (Å²) in [5, 5.41) is 13.8. The molecule has 0 aromatic heterocycles. The number of aliphatic hydroxyl groups excluding tert-OH is 1. The molecule has 9 heteroatoms. The van der Waals surface area contributed by atoms with Gasteiger partial charge in [-0.25, -0.2) is 0 Å². The molecule has 3 atom stereocenters.